The number of thioether (sulfide) groups is 1. The van der Waals surface area contributed by atoms with Gasteiger partial charge in [-0.1, -0.05) is 35.0 Å². The highest BCUT2D eigenvalue weighted by atomic mass is 35.5. The minimum absolute atomic E-state index is 0.0252. The molecule has 1 aromatic heterocycles. The number of halogens is 2. The standard InChI is InChI=1S/C15H15Cl2N3O4S/c16-10-1-2-12(11(17)7-10)23-8-13-18-19-15(24-13)25-9-14(21)20-3-5-22-6-4-20/h1-2,7H,3-6,8-9H2. The highest BCUT2D eigenvalue weighted by Gasteiger charge is 2.18. The van der Waals surface area contributed by atoms with Crippen molar-refractivity contribution < 1.29 is 18.7 Å². The van der Waals surface area contributed by atoms with E-state index in [1.807, 2.05) is 0 Å². The van der Waals surface area contributed by atoms with Gasteiger partial charge in [-0.15, -0.1) is 10.2 Å². The molecule has 0 N–H and O–H groups in total. The monoisotopic (exact) mass is 403 g/mol. The summed E-state index contributed by atoms with van der Waals surface area (Å²) in [6.45, 7) is 2.46. The Bertz CT molecular complexity index is 737. The summed E-state index contributed by atoms with van der Waals surface area (Å²) in [5, 5.41) is 9.04. The first-order chi connectivity index (χ1) is 12.1. The molecule has 0 radical (unpaired) electrons. The zero-order valence-electron chi connectivity index (χ0n) is 13.1. The zero-order valence-corrected chi connectivity index (χ0v) is 15.4. The molecule has 3 rings (SSSR count). The van der Waals surface area contributed by atoms with E-state index in [1.54, 1.807) is 23.1 Å². The largest absolute Gasteiger partial charge is 0.482 e. The summed E-state index contributed by atoms with van der Waals surface area (Å²) in [4.78, 5) is 13.8. The van der Waals surface area contributed by atoms with Gasteiger partial charge >= 0.3 is 0 Å². The van der Waals surface area contributed by atoms with E-state index in [9.17, 15) is 4.79 Å². The quantitative estimate of drug-likeness (QED) is 0.685. The molecule has 0 saturated carbocycles. The van der Waals surface area contributed by atoms with Crippen LogP contribution in [0, 0.1) is 0 Å². The lowest BCUT2D eigenvalue weighted by Crippen LogP contribution is -2.41. The van der Waals surface area contributed by atoms with E-state index in [2.05, 4.69) is 10.2 Å². The molecule has 1 saturated heterocycles. The second kappa shape index (κ2) is 8.75. The molecule has 0 bridgehead atoms. The zero-order chi connectivity index (χ0) is 17.6. The summed E-state index contributed by atoms with van der Waals surface area (Å²) in [5.41, 5.74) is 0. The maximum absolute atomic E-state index is 12.1. The number of morpholine rings is 1. The topological polar surface area (TPSA) is 77.7 Å². The van der Waals surface area contributed by atoms with Crippen LogP contribution in [0.4, 0.5) is 0 Å². The van der Waals surface area contributed by atoms with E-state index >= 15 is 0 Å². The Balaban J connectivity index is 1.47. The van der Waals surface area contributed by atoms with Gasteiger partial charge in [0.05, 0.1) is 24.0 Å². The van der Waals surface area contributed by atoms with Crippen molar-refractivity contribution in [1.82, 2.24) is 15.1 Å². The Morgan fingerprint density at radius 1 is 1.28 bits per heavy atom. The van der Waals surface area contributed by atoms with Crippen LogP contribution >= 0.6 is 35.0 Å². The van der Waals surface area contributed by atoms with Gasteiger partial charge in [-0.05, 0) is 18.2 Å². The van der Waals surface area contributed by atoms with Crippen LogP contribution in [0.5, 0.6) is 5.75 Å². The van der Waals surface area contributed by atoms with Crippen LogP contribution in [-0.4, -0.2) is 53.1 Å². The molecule has 1 aliphatic rings. The summed E-state index contributed by atoms with van der Waals surface area (Å²) < 4.78 is 16.2. The van der Waals surface area contributed by atoms with E-state index in [0.717, 1.165) is 0 Å². The van der Waals surface area contributed by atoms with Crippen molar-refractivity contribution in [2.75, 3.05) is 32.1 Å². The van der Waals surface area contributed by atoms with Gasteiger partial charge in [-0.2, -0.15) is 0 Å². The van der Waals surface area contributed by atoms with E-state index in [4.69, 9.17) is 37.1 Å². The number of carbonyl (C=O) groups is 1. The van der Waals surface area contributed by atoms with E-state index < -0.39 is 0 Å². The van der Waals surface area contributed by atoms with Crippen LogP contribution in [0.3, 0.4) is 0 Å². The molecule has 134 valence electrons. The molecule has 1 aliphatic heterocycles. The van der Waals surface area contributed by atoms with Crippen molar-refractivity contribution in [2.45, 2.75) is 11.8 Å². The fourth-order valence-corrected chi connectivity index (χ4v) is 3.26. The lowest BCUT2D eigenvalue weighted by atomic mass is 10.3. The number of ether oxygens (including phenoxy) is 2. The Morgan fingerprint density at radius 3 is 2.84 bits per heavy atom. The number of rotatable bonds is 6. The van der Waals surface area contributed by atoms with Gasteiger partial charge in [0.15, 0.2) is 6.61 Å². The van der Waals surface area contributed by atoms with Crippen LogP contribution in [-0.2, 0) is 16.1 Å². The summed E-state index contributed by atoms with van der Waals surface area (Å²) >= 11 is 13.1. The third kappa shape index (κ3) is 5.24. The highest BCUT2D eigenvalue weighted by Crippen LogP contribution is 2.28. The Kier molecular flexibility index (Phi) is 6.41. The average molecular weight is 404 g/mol. The van der Waals surface area contributed by atoms with E-state index in [0.29, 0.717) is 53.2 Å². The van der Waals surface area contributed by atoms with E-state index in [-0.39, 0.29) is 18.3 Å². The van der Waals surface area contributed by atoms with Crippen LogP contribution < -0.4 is 4.74 Å². The van der Waals surface area contributed by atoms with Crippen LogP contribution in [0.1, 0.15) is 5.89 Å². The smallest absolute Gasteiger partial charge is 0.277 e. The van der Waals surface area contributed by atoms with Crippen molar-refractivity contribution in [3.63, 3.8) is 0 Å². The number of carbonyl (C=O) groups excluding carboxylic acids is 1. The first kappa shape index (κ1) is 18.3. The Labute approximate surface area is 158 Å². The number of nitrogens with zero attached hydrogens (tertiary/aromatic N) is 3. The van der Waals surface area contributed by atoms with Gasteiger partial charge in [0.1, 0.15) is 5.75 Å². The SMILES string of the molecule is O=C(CSc1nnc(COc2ccc(Cl)cc2Cl)o1)N1CCOCC1. The second-order valence-corrected chi connectivity index (χ2v) is 6.88. The normalized spacial score (nSPS) is 14.6. The Hall–Kier alpha value is -1.48. The molecule has 2 aromatic rings. The third-order valence-electron chi connectivity index (χ3n) is 3.38. The van der Waals surface area contributed by atoms with Gasteiger partial charge < -0.3 is 18.8 Å². The minimum Gasteiger partial charge on any atom is -0.482 e. The predicted octanol–water partition coefficient (Wildman–Crippen LogP) is 2.91. The predicted molar refractivity (Wildman–Crippen MR) is 93.2 cm³/mol. The lowest BCUT2D eigenvalue weighted by molar-refractivity contribution is -0.132. The van der Waals surface area contributed by atoms with Gasteiger partial charge in [0, 0.05) is 18.1 Å². The molecule has 0 unspecified atom stereocenters. The number of hydrogen-bond acceptors (Lipinski definition) is 7. The Morgan fingerprint density at radius 2 is 2.08 bits per heavy atom. The first-order valence-electron chi connectivity index (χ1n) is 7.50. The number of amides is 1. The van der Waals surface area contributed by atoms with Crippen molar-refractivity contribution >= 4 is 40.9 Å². The van der Waals surface area contributed by atoms with Crippen molar-refractivity contribution in [3.05, 3.63) is 34.1 Å². The van der Waals surface area contributed by atoms with Crippen molar-refractivity contribution in [1.29, 1.82) is 0 Å². The van der Waals surface area contributed by atoms with Gasteiger partial charge in [0.25, 0.3) is 11.1 Å². The lowest BCUT2D eigenvalue weighted by Gasteiger charge is -2.26. The summed E-state index contributed by atoms with van der Waals surface area (Å²) in [6, 6.07) is 4.93. The van der Waals surface area contributed by atoms with Crippen molar-refractivity contribution in [3.8, 4) is 5.75 Å². The average Bonchev–Trinajstić information content (AvgIpc) is 3.07. The molecule has 0 atom stereocenters. The summed E-state index contributed by atoms with van der Waals surface area (Å²) in [6.07, 6.45) is 0. The number of hydrogen-bond donors (Lipinski definition) is 0. The molecule has 1 fully saturated rings. The van der Waals surface area contributed by atoms with Gasteiger partial charge in [-0.3, -0.25) is 4.79 Å². The van der Waals surface area contributed by atoms with Crippen LogP contribution in [0.2, 0.25) is 10.0 Å². The van der Waals surface area contributed by atoms with Gasteiger partial charge in [-0.25, -0.2) is 0 Å². The highest BCUT2D eigenvalue weighted by molar-refractivity contribution is 7.99. The minimum atomic E-state index is 0.0252. The second-order valence-electron chi connectivity index (χ2n) is 5.11. The number of benzene rings is 1. The maximum Gasteiger partial charge on any atom is 0.277 e. The first-order valence-corrected chi connectivity index (χ1v) is 9.24. The summed E-state index contributed by atoms with van der Waals surface area (Å²) in [7, 11) is 0. The molecule has 0 spiro atoms. The molecule has 1 amide bonds. The summed E-state index contributed by atoms with van der Waals surface area (Å²) in [5.74, 6) is 1.04. The third-order valence-corrected chi connectivity index (χ3v) is 4.71. The molecule has 1 aromatic carbocycles. The molecule has 25 heavy (non-hydrogen) atoms. The van der Waals surface area contributed by atoms with Crippen LogP contribution in [0.15, 0.2) is 27.8 Å². The molecule has 2 heterocycles. The fraction of sp³-hybridized carbons (Fsp3) is 0.400. The molecule has 10 heteroatoms. The fourth-order valence-electron chi connectivity index (χ4n) is 2.11. The molecule has 0 aliphatic carbocycles. The molecular weight excluding hydrogens is 389 g/mol. The van der Waals surface area contributed by atoms with E-state index in [1.165, 1.54) is 11.8 Å². The van der Waals surface area contributed by atoms with Crippen molar-refractivity contribution in [2.24, 2.45) is 0 Å². The number of aromatic nitrogens is 2. The van der Waals surface area contributed by atoms with Crippen LogP contribution in [0.25, 0.3) is 0 Å². The maximum atomic E-state index is 12.1. The molecule has 7 nitrogen and oxygen atoms in total. The van der Waals surface area contributed by atoms with Gasteiger partial charge in [0.2, 0.25) is 5.91 Å². The molecular formula is C15H15Cl2N3O4S.